The van der Waals surface area contributed by atoms with Crippen LogP contribution >= 0.6 is 0 Å². The van der Waals surface area contributed by atoms with Gasteiger partial charge < -0.3 is 15.4 Å². The number of rotatable bonds is 4. The van der Waals surface area contributed by atoms with Crippen LogP contribution in [0.25, 0.3) is 66.1 Å². The number of hydrogen-bond donors (Lipinski definition) is 2. The molecule has 3 aliphatic rings. The zero-order valence-corrected chi connectivity index (χ0v) is 40.1. The van der Waals surface area contributed by atoms with Crippen LogP contribution in [0, 0.1) is 0 Å². The van der Waals surface area contributed by atoms with Gasteiger partial charge in [0.15, 0.2) is 0 Å². The Bertz CT molecular complexity index is 3450. The molecule has 69 heavy (non-hydrogen) atoms. The van der Waals surface area contributed by atoms with Crippen molar-refractivity contribution in [3.8, 4) is 44.5 Å². The third kappa shape index (κ3) is 8.85. The van der Waals surface area contributed by atoms with Gasteiger partial charge in [0.2, 0.25) is 0 Å². The first-order valence-electron chi connectivity index (χ1n) is 24.6. The maximum atomic E-state index is 3.69. The molecule has 0 radical (unpaired) electrons. The van der Waals surface area contributed by atoms with Crippen LogP contribution in [0.3, 0.4) is 0 Å². The first kappa shape index (κ1) is 43.9. The fraction of sp³-hybridized carbons (Fsp3) is 0.138. The molecule has 0 bridgehead atoms. The lowest BCUT2D eigenvalue weighted by Crippen LogP contribution is -2.59. The molecule has 10 aromatic carbocycles. The normalized spacial score (nSPS) is 14.6. The Labute approximate surface area is 408 Å². The molecule has 0 saturated carbocycles. The van der Waals surface area contributed by atoms with E-state index >= 15 is 0 Å². The number of anilines is 4. The van der Waals surface area contributed by atoms with Crippen LogP contribution in [0.1, 0.15) is 47.0 Å². The van der Waals surface area contributed by atoms with Gasteiger partial charge in [0.1, 0.15) is 0 Å². The van der Waals surface area contributed by atoms with Crippen LogP contribution in [0.15, 0.2) is 231 Å². The molecular formula is C65H58BN3. The van der Waals surface area contributed by atoms with E-state index in [0.29, 0.717) is 11.1 Å². The fourth-order valence-corrected chi connectivity index (χ4v) is 11.2. The second-order valence-electron chi connectivity index (χ2n) is 20.1. The van der Waals surface area contributed by atoms with E-state index in [1.165, 1.54) is 108 Å². The molecule has 3 heterocycles. The average Bonchev–Trinajstić information content (AvgIpc) is 3.38. The third-order valence-corrected chi connectivity index (χ3v) is 14.2. The van der Waals surface area contributed by atoms with Gasteiger partial charge in [-0.1, -0.05) is 194 Å². The summed E-state index contributed by atoms with van der Waals surface area (Å²) in [6.45, 7) is 9.31. The number of piperidine rings is 1. The van der Waals surface area contributed by atoms with Gasteiger partial charge in [-0.25, -0.2) is 0 Å². The van der Waals surface area contributed by atoms with Crippen molar-refractivity contribution in [3.63, 3.8) is 0 Å². The van der Waals surface area contributed by atoms with Gasteiger partial charge in [-0.2, -0.15) is 0 Å². The zero-order chi connectivity index (χ0) is 47.0. The van der Waals surface area contributed by atoms with Gasteiger partial charge in [-0.3, -0.25) is 0 Å². The van der Waals surface area contributed by atoms with Crippen molar-refractivity contribution in [3.05, 3.63) is 231 Å². The lowest BCUT2D eigenvalue weighted by atomic mass is 9.43. The summed E-state index contributed by atoms with van der Waals surface area (Å²) in [6, 6.07) is 82.7. The lowest BCUT2D eigenvalue weighted by Gasteiger charge is -2.43. The highest BCUT2D eigenvalue weighted by atomic mass is 15.1. The monoisotopic (exact) mass is 891 g/mol. The summed E-state index contributed by atoms with van der Waals surface area (Å²) in [7, 11) is 0. The Kier molecular flexibility index (Phi) is 11.7. The summed E-state index contributed by atoms with van der Waals surface area (Å²) in [4.78, 5) is 2.55. The van der Waals surface area contributed by atoms with Gasteiger partial charge in [0.05, 0.1) is 0 Å². The van der Waals surface area contributed by atoms with Crippen molar-refractivity contribution in [1.82, 2.24) is 5.32 Å². The number of nitrogens with one attached hydrogen (secondary N) is 2. The Balaban J connectivity index is 0.000000126. The molecule has 3 aliphatic heterocycles. The van der Waals surface area contributed by atoms with Crippen molar-refractivity contribution in [2.45, 2.75) is 58.0 Å². The highest BCUT2D eigenvalue weighted by Gasteiger charge is 2.42. The summed E-state index contributed by atoms with van der Waals surface area (Å²) in [5.74, 6) is 0. The van der Waals surface area contributed by atoms with E-state index in [9.17, 15) is 0 Å². The summed E-state index contributed by atoms with van der Waals surface area (Å²) >= 11 is 0. The van der Waals surface area contributed by atoms with Crippen molar-refractivity contribution in [2.24, 2.45) is 0 Å². The van der Waals surface area contributed by atoms with Crippen LogP contribution in [-0.4, -0.2) is 17.9 Å². The van der Waals surface area contributed by atoms with Gasteiger partial charge in [-0.05, 0) is 138 Å². The molecule has 0 aromatic heterocycles. The second-order valence-corrected chi connectivity index (χ2v) is 20.1. The predicted octanol–water partition coefficient (Wildman–Crippen LogP) is 16.0. The van der Waals surface area contributed by atoms with Gasteiger partial charge in [-0.15, -0.1) is 0 Å². The van der Waals surface area contributed by atoms with Crippen LogP contribution < -0.4 is 26.4 Å². The molecule has 1 fully saturated rings. The molecule has 0 atom stereocenters. The van der Waals surface area contributed by atoms with E-state index in [4.69, 9.17) is 0 Å². The Morgan fingerprint density at radius 3 is 1.45 bits per heavy atom. The minimum atomic E-state index is 0.172. The smallest absolute Gasteiger partial charge is 0.329 e. The molecule has 0 aliphatic carbocycles. The van der Waals surface area contributed by atoms with E-state index in [1.54, 1.807) is 0 Å². The molecule has 4 heteroatoms. The van der Waals surface area contributed by atoms with E-state index in [0.717, 1.165) is 11.4 Å². The van der Waals surface area contributed by atoms with Crippen LogP contribution in [0.5, 0.6) is 0 Å². The molecule has 336 valence electrons. The van der Waals surface area contributed by atoms with Gasteiger partial charge >= 0.3 is 6.85 Å². The lowest BCUT2D eigenvalue weighted by molar-refractivity contribution is 0.183. The Hall–Kier alpha value is -7.66. The van der Waals surface area contributed by atoms with Crippen LogP contribution in [-0.2, 0) is 0 Å². The van der Waals surface area contributed by atoms with Crippen molar-refractivity contribution in [2.75, 3.05) is 10.1 Å². The summed E-state index contributed by atoms with van der Waals surface area (Å²) < 4.78 is 0. The minimum absolute atomic E-state index is 0.172. The summed E-state index contributed by atoms with van der Waals surface area (Å²) in [5, 5.41) is 12.4. The average molecular weight is 892 g/mol. The van der Waals surface area contributed by atoms with E-state index in [1.807, 2.05) is 0 Å². The molecule has 0 amide bonds. The maximum absolute atomic E-state index is 3.69. The summed E-state index contributed by atoms with van der Waals surface area (Å²) in [5.41, 5.74) is 18.4. The maximum Gasteiger partial charge on any atom is 0.329 e. The number of para-hydroxylation sites is 4. The molecule has 1 saturated heterocycles. The largest absolute Gasteiger partial charge is 0.376 e. The van der Waals surface area contributed by atoms with E-state index in [-0.39, 0.29) is 6.85 Å². The van der Waals surface area contributed by atoms with E-state index in [2.05, 4.69) is 274 Å². The highest BCUT2D eigenvalue weighted by Crippen LogP contribution is 2.46. The van der Waals surface area contributed by atoms with Crippen molar-refractivity contribution in [1.29, 1.82) is 0 Å². The van der Waals surface area contributed by atoms with E-state index < -0.39 is 0 Å². The quantitative estimate of drug-likeness (QED) is 0.172. The molecule has 2 N–H and O–H groups in total. The van der Waals surface area contributed by atoms with Crippen molar-refractivity contribution >= 4 is 62.1 Å². The van der Waals surface area contributed by atoms with Crippen LogP contribution in [0.4, 0.5) is 22.7 Å². The number of benzene rings is 10. The predicted molar refractivity (Wildman–Crippen MR) is 298 cm³/mol. The topological polar surface area (TPSA) is 27.3 Å². The minimum Gasteiger partial charge on any atom is -0.376 e. The highest BCUT2D eigenvalue weighted by molar-refractivity contribution is 6.92. The number of nitrogens with zero attached hydrogens (tertiary/aromatic N) is 1. The standard InChI is InChI=1S/C28H18BN.C28H21N.C9H19N/c1-2-10-20-18-26-24(17-19(20)9-1)23-13-5-8-16-28(23)30-27-15-7-4-12-22(27)21-11-3-6-14-25(21)29(26)30;1-2-11-22(12-3-1)25-14-6-8-16-27(25)29-28-17-9-7-15-26(28)24-19-18-21-10-4-5-13-23(21)20-24;1-8(2)6-5-7-9(3,4)10-8/h1-18H;1-20,29H;10H,5-7H2,1-4H3. The molecule has 3 nitrogen and oxygen atoms in total. The van der Waals surface area contributed by atoms with Crippen LogP contribution in [0.2, 0.25) is 0 Å². The molecule has 0 spiro atoms. The Morgan fingerprint density at radius 1 is 0.377 bits per heavy atom. The first-order chi connectivity index (χ1) is 33.7. The Morgan fingerprint density at radius 2 is 0.841 bits per heavy atom. The second kappa shape index (κ2) is 18.4. The molecular weight excluding hydrogens is 834 g/mol. The summed E-state index contributed by atoms with van der Waals surface area (Å²) in [6.07, 6.45) is 4.00. The number of fused-ring (bicyclic) bond motifs is 13. The molecule has 10 aromatic rings. The molecule has 0 unspecified atom stereocenters. The molecule has 13 rings (SSSR count). The van der Waals surface area contributed by atoms with Gasteiger partial charge in [0, 0.05) is 56.1 Å². The first-order valence-corrected chi connectivity index (χ1v) is 24.6. The van der Waals surface area contributed by atoms with Gasteiger partial charge in [0.25, 0.3) is 0 Å². The zero-order valence-electron chi connectivity index (χ0n) is 40.1. The third-order valence-electron chi connectivity index (χ3n) is 14.2. The van der Waals surface area contributed by atoms with Crippen molar-refractivity contribution < 1.29 is 0 Å². The fourth-order valence-electron chi connectivity index (χ4n) is 11.2. The SMILES string of the molecule is CC1(C)CCCC(C)(C)N1.c1ccc(-c2ccccc2Nc2ccccc2-c2ccc3ccccc3c2)cc1.c1ccc2c(c1)B1c3cc4ccccc4cc3-c3ccccc3N1c1ccccc1-2. The number of hydrogen-bond acceptors (Lipinski definition) is 3.